The standard InChI is InChI=1S/C25H20BrNO/c1-25(2)22-20-11-7-6-10-19(20)21(16-8-4-3-5-9-16)23(22)27(24(25)28)18-14-12-17(26)13-15-18/h3-15,21H,1-2H3. The van der Waals surface area contributed by atoms with Crippen molar-refractivity contribution in [1.29, 1.82) is 0 Å². The Hall–Kier alpha value is -2.65. The van der Waals surface area contributed by atoms with Crippen LogP contribution in [0.25, 0.3) is 5.57 Å². The van der Waals surface area contributed by atoms with Gasteiger partial charge < -0.3 is 0 Å². The molecule has 5 rings (SSSR count). The number of fused-ring (bicyclic) bond motifs is 2. The van der Waals surface area contributed by atoms with Crippen molar-refractivity contribution in [2.45, 2.75) is 19.8 Å². The van der Waals surface area contributed by atoms with Gasteiger partial charge in [0, 0.05) is 15.9 Å². The van der Waals surface area contributed by atoms with Gasteiger partial charge in [0.25, 0.3) is 0 Å². The molecule has 1 heterocycles. The van der Waals surface area contributed by atoms with Crippen LogP contribution in [0.15, 0.2) is 89.0 Å². The number of benzene rings is 3. The first-order valence-corrected chi connectivity index (χ1v) is 10.3. The maximum atomic E-state index is 13.6. The molecule has 28 heavy (non-hydrogen) atoms. The molecule has 1 unspecified atom stereocenters. The molecule has 2 aliphatic rings. The molecule has 0 saturated carbocycles. The van der Waals surface area contributed by atoms with Gasteiger partial charge in [0.2, 0.25) is 5.91 Å². The number of anilines is 1. The lowest BCUT2D eigenvalue weighted by atomic mass is 9.82. The van der Waals surface area contributed by atoms with Gasteiger partial charge in [-0.25, -0.2) is 0 Å². The number of rotatable bonds is 2. The zero-order valence-electron chi connectivity index (χ0n) is 15.8. The normalized spacial score (nSPS) is 19.8. The van der Waals surface area contributed by atoms with Crippen LogP contribution in [0.5, 0.6) is 0 Å². The van der Waals surface area contributed by atoms with Crippen molar-refractivity contribution in [3.8, 4) is 0 Å². The van der Waals surface area contributed by atoms with Crippen LogP contribution in [0.3, 0.4) is 0 Å². The summed E-state index contributed by atoms with van der Waals surface area (Å²) in [5.41, 5.74) is 6.30. The summed E-state index contributed by atoms with van der Waals surface area (Å²) in [6.07, 6.45) is 0. The van der Waals surface area contributed by atoms with E-state index >= 15 is 0 Å². The molecule has 0 saturated heterocycles. The molecule has 3 aromatic carbocycles. The Morgan fingerprint density at radius 2 is 1.50 bits per heavy atom. The minimum Gasteiger partial charge on any atom is -0.283 e. The highest BCUT2D eigenvalue weighted by molar-refractivity contribution is 9.10. The fourth-order valence-corrected chi connectivity index (χ4v) is 4.89. The Morgan fingerprint density at radius 1 is 0.857 bits per heavy atom. The Bertz CT molecular complexity index is 1110. The molecule has 0 spiro atoms. The number of halogens is 1. The van der Waals surface area contributed by atoms with Gasteiger partial charge in [0.05, 0.1) is 11.3 Å². The van der Waals surface area contributed by atoms with Gasteiger partial charge >= 0.3 is 0 Å². The first-order chi connectivity index (χ1) is 13.5. The molecule has 0 N–H and O–H groups in total. The Labute approximate surface area is 173 Å². The second-order valence-corrected chi connectivity index (χ2v) is 8.85. The van der Waals surface area contributed by atoms with E-state index < -0.39 is 5.41 Å². The molecule has 0 aromatic heterocycles. The van der Waals surface area contributed by atoms with E-state index in [9.17, 15) is 4.79 Å². The molecule has 3 heteroatoms. The SMILES string of the molecule is CC1(C)C(=O)N(c2ccc(Br)cc2)C2=C1c1ccccc1C2c1ccccc1. The summed E-state index contributed by atoms with van der Waals surface area (Å²) in [6.45, 7) is 4.10. The quantitative estimate of drug-likeness (QED) is 0.462. The van der Waals surface area contributed by atoms with Crippen molar-refractivity contribution < 1.29 is 4.79 Å². The highest BCUT2D eigenvalue weighted by atomic mass is 79.9. The Balaban J connectivity index is 1.79. The smallest absolute Gasteiger partial charge is 0.241 e. The van der Waals surface area contributed by atoms with Crippen LogP contribution in [0.4, 0.5) is 5.69 Å². The fraction of sp³-hybridized carbons (Fsp3) is 0.160. The summed E-state index contributed by atoms with van der Waals surface area (Å²) in [6, 6.07) is 27.0. The molecule has 0 bridgehead atoms. The number of carbonyl (C=O) groups is 1. The number of nitrogens with zero attached hydrogens (tertiary/aromatic N) is 1. The average molecular weight is 430 g/mol. The van der Waals surface area contributed by atoms with Gasteiger partial charge in [-0.05, 0) is 60.4 Å². The van der Waals surface area contributed by atoms with Crippen molar-refractivity contribution in [3.05, 3.63) is 106 Å². The second-order valence-electron chi connectivity index (χ2n) is 7.93. The number of hydrogen-bond donors (Lipinski definition) is 0. The summed E-state index contributed by atoms with van der Waals surface area (Å²) in [5.74, 6) is 0.192. The minimum atomic E-state index is -0.567. The topological polar surface area (TPSA) is 20.3 Å². The predicted octanol–water partition coefficient (Wildman–Crippen LogP) is 6.38. The molecule has 1 amide bonds. The van der Waals surface area contributed by atoms with Crippen molar-refractivity contribution in [2.75, 3.05) is 4.90 Å². The van der Waals surface area contributed by atoms with Gasteiger partial charge in [-0.1, -0.05) is 70.5 Å². The molecular formula is C25H20BrNO. The first kappa shape index (κ1) is 17.4. The molecule has 138 valence electrons. The van der Waals surface area contributed by atoms with Crippen LogP contribution >= 0.6 is 15.9 Å². The third-order valence-corrected chi connectivity index (χ3v) is 6.42. The van der Waals surface area contributed by atoms with Gasteiger partial charge in [-0.3, -0.25) is 9.69 Å². The molecule has 0 fully saturated rings. The fourth-order valence-electron chi connectivity index (χ4n) is 4.63. The van der Waals surface area contributed by atoms with E-state index in [1.807, 2.05) is 49.1 Å². The van der Waals surface area contributed by atoms with Crippen LogP contribution in [-0.4, -0.2) is 5.91 Å². The highest BCUT2D eigenvalue weighted by Crippen LogP contribution is 2.58. The maximum absolute atomic E-state index is 13.6. The lowest BCUT2D eigenvalue weighted by Gasteiger charge is -2.29. The predicted molar refractivity (Wildman–Crippen MR) is 117 cm³/mol. The van der Waals surface area contributed by atoms with E-state index in [1.165, 1.54) is 16.7 Å². The lowest BCUT2D eigenvalue weighted by molar-refractivity contribution is -0.122. The van der Waals surface area contributed by atoms with Crippen molar-refractivity contribution in [2.24, 2.45) is 5.41 Å². The number of carbonyl (C=O) groups excluding carboxylic acids is 1. The van der Waals surface area contributed by atoms with E-state index in [0.717, 1.165) is 21.4 Å². The second kappa shape index (κ2) is 6.18. The first-order valence-electron chi connectivity index (χ1n) is 9.49. The maximum Gasteiger partial charge on any atom is 0.241 e. The zero-order chi connectivity index (χ0) is 19.5. The summed E-state index contributed by atoms with van der Waals surface area (Å²) in [7, 11) is 0. The molecule has 1 aliphatic carbocycles. The number of allylic oxidation sites excluding steroid dienone is 1. The zero-order valence-corrected chi connectivity index (χ0v) is 17.4. The molecule has 3 aromatic rings. The molecular weight excluding hydrogens is 410 g/mol. The van der Waals surface area contributed by atoms with Crippen molar-refractivity contribution in [1.82, 2.24) is 0 Å². The van der Waals surface area contributed by atoms with E-state index in [0.29, 0.717) is 0 Å². The van der Waals surface area contributed by atoms with E-state index in [2.05, 4.69) is 64.5 Å². The highest BCUT2D eigenvalue weighted by Gasteiger charge is 2.53. The van der Waals surface area contributed by atoms with Crippen molar-refractivity contribution >= 4 is 33.1 Å². The van der Waals surface area contributed by atoms with E-state index in [4.69, 9.17) is 0 Å². The molecule has 0 radical (unpaired) electrons. The minimum absolute atomic E-state index is 0.0572. The van der Waals surface area contributed by atoms with Gasteiger partial charge in [-0.2, -0.15) is 0 Å². The lowest BCUT2D eigenvalue weighted by Crippen LogP contribution is -2.35. The van der Waals surface area contributed by atoms with Gasteiger partial charge in [0.15, 0.2) is 0 Å². The molecule has 1 atom stereocenters. The Morgan fingerprint density at radius 3 is 2.21 bits per heavy atom. The summed E-state index contributed by atoms with van der Waals surface area (Å²) >= 11 is 3.50. The van der Waals surface area contributed by atoms with Crippen LogP contribution in [0.2, 0.25) is 0 Å². The molecule has 2 nitrogen and oxygen atoms in total. The third-order valence-electron chi connectivity index (χ3n) is 5.89. The largest absolute Gasteiger partial charge is 0.283 e. The van der Waals surface area contributed by atoms with Crippen LogP contribution in [0, 0.1) is 5.41 Å². The van der Waals surface area contributed by atoms with Gasteiger partial charge in [-0.15, -0.1) is 0 Å². The summed E-state index contributed by atoms with van der Waals surface area (Å²) in [4.78, 5) is 15.5. The average Bonchev–Trinajstić information content (AvgIpc) is 3.14. The van der Waals surface area contributed by atoms with Crippen molar-refractivity contribution in [3.63, 3.8) is 0 Å². The van der Waals surface area contributed by atoms with Crippen LogP contribution in [0.1, 0.15) is 36.5 Å². The number of hydrogen-bond acceptors (Lipinski definition) is 1. The number of amides is 1. The Kier molecular flexibility index (Phi) is 3.85. The van der Waals surface area contributed by atoms with Crippen LogP contribution < -0.4 is 4.90 Å². The summed E-state index contributed by atoms with van der Waals surface area (Å²) < 4.78 is 1.01. The van der Waals surface area contributed by atoms with Gasteiger partial charge in [0.1, 0.15) is 0 Å². The van der Waals surface area contributed by atoms with E-state index in [1.54, 1.807) is 0 Å². The molecule has 1 aliphatic heterocycles. The monoisotopic (exact) mass is 429 g/mol. The summed E-state index contributed by atoms with van der Waals surface area (Å²) in [5, 5.41) is 0. The van der Waals surface area contributed by atoms with E-state index in [-0.39, 0.29) is 11.8 Å². The third kappa shape index (κ3) is 2.36. The van der Waals surface area contributed by atoms with Crippen LogP contribution in [-0.2, 0) is 4.79 Å².